The van der Waals surface area contributed by atoms with Gasteiger partial charge in [0.05, 0.1) is 18.8 Å². The van der Waals surface area contributed by atoms with Crippen LogP contribution >= 0.6 is 0 Å². The lowest BCUT2D eigenvalue weighted by Crippen LogP contribution is -2.18. The number of pyridine rings is 1. The third-order valence-electron chi connectivity index (χ3n) is 3.25. The Hall–Kier alpha value is -1.62. The Morgan fingerprint density at radius 2 is 2.28 bits per heavy atom. The summed E-state index contributed by atoms with van der Waals surface area (Å²) in [4.78, 5) is 15.6. The van der Waals surface area contributed by atoms with Crippen molar-refractivity contribution in [2.24, 2.45) is 0 Å². The van der Waals surface area contributed by atoms with Gasteiger partial charge < -0.3 is 14.8 Å². The monoisotopic (exact) mass is 250 g/mol. The lowest BCUT2D eigenvalue weighted by Gasteiger charge is -2.13. The molecule has 1 saturated carbocycles. The standard InChI is InChI=1S/C13H18N2O3/c1-17-11-4-3-10(8-11)15-12-7-9(5-6-14-12)13(16)18-2/h5-7,10-11H,3-4,8H2,1-2H3,(H,14,15). The largest absolute Gasteiger partial charge is 0.465 e. The van der Waals surface area contributed by atoms with Crippen LogP contribution in [0.5, 0.6) is 0 Å². The molecule has 0 aliphatic heterocycles. The molecule has 1 aliphatic rings. The van der Waals surface area contributed by atoms with E-state index in [0.29, 0.717) is 23.5 Å². The Bertz CT molecular complexity index is 422. The molecule has 0 aromatic carbocycles. The fraction of sp³-hybridized carbons (Fsp3) is 0.538. The van der Waals surface area contributed by atoms with Gasteiger partial charge in [-0.15, -0.1) is 0 Å². The van der Waals surface area contributed by atoms with Crippen LogP contribution in [0.2, 0.25) is 0 Å². The molecule has 98 valence electrons. The normalized spacial score (nSPS) is 22.8. The maximum atomic E-state index is 11.4. The van der Waals surface area contributed by atoms with E-state index in [1.165, 1.54) is 7.11 Å². The topological polar surface area (TPSA) is 60.5 Å². The number of nitrogens with zero attached hydrogens (tertiary/aromatic N) is 1. The molecule has 1 fully saturated rings. The highest BCUT2D eigenvalue weighted by atomic mass is 16.5. The molecule has 1 aromatic heterocycles. The van der Waals surface area contributed by atoms with E-state index in [1.807, 2.05) is 0 Å². The Balaban J connectivity index is 1.99. The lowest BCUT2D eigenvalue weighted by atomic mass is 10.2. The molecule has 0 radical (unpaired) electrons. The number of esters is 1. The zero-order chi connectivity index (χ0) is 13.0. The van der Waals surface area contributed by atoms with Crippen molar-refractivity contribution in [2.75, 3.05) is 19.5 Å². The zero-order valence-corrected chi connectivity index (χ0v) is 10.7. The van der Waals surface area contributed by atoms with Gasteiger partial charge in [-0.2, -0.15) is 0 Å². The van der Waals surface area contributed by atoms with Crippen molar-refractivity contribution in [2.45, 2.75) is 31.4 Å². The summed E-state index contributed by atoms with van der Waals surface area (Å²) < 4.78 is 10.0. The zero-order valence-electron chi connectivity index (χ0n) is 10.7. The van der Waals surface area contributed by atoms with Crippen molar-refractivity contribution in [3.05, 3.63) is 23.9 Å². The molecule has 1 aliphatic carbocycles. The molecular weight excluding hydrogens is 232 g/mol. The quantitative estimate of drug-likeness (QED) is 0.826. The molecule has 5 heteroatoms. The van der Waals surface area contributed by atoms with E-state index in [4.69, 9.17) is 4.74 Å². The number of hydrogen-bond donors (Lipinski definition) is 1. The third-order valence-corrected chi connectivity index (χ3v) is 3.25. The van der Waals surface area contributed by atoms with Crippen LogP contribution in [-0.2, 0) is 9.47 Å². The summed E-state index contributed by atoms with van der Waals surface area (Å²) in [5.74, 6) is 0.362. The minimum absolute atomic E-state index is 0.325. The molecule has 1 heterocycles. The van der Waals surface area contributed by atoms with Gasteiger partial charge in [-0.25, -0.2) is 9.78 Å². The molecular formula is C13H18N2O3. The smallest absolute Gasteiger partial charge is 0.338 e. The molecule has 0 saturated heterocycles. The van der Waals surface area contributed by atoms with Gasteiger partial charge in [-0.05, 0) is 31.4 Å². The first kappa shape index (κ1) is 12.8. The molecule has 2 rings (SSSR count). The first-order valence-corrected chi connectivity index (χ1v) is 6.06. The molecule has 2 atom stereocenters. The maximum Gasteiger partial charge on any atom is 0.338 e. The van der Waals surface area contributed by atoms with E-state index in [-0.39, 0.29) is 5.97 Å². The van der Waals surface area contributed by atoms with Crippen molar-refractivity contribution in [3.63, 3.8) is 0 Å². The Morgan fingerprint density at radius 1 is 1.44 bits per heavy atom. The summed E-state index contributed by atoms with van der Waals surface area (Å²) in [6.07, 6.45) is 5.03. The predicted octanol–water partition coefficient (Wildman–Crippen LogP) is 1.85. The maximum absolute atomic E-state index is 11.4. The lowest BCUT2D eigenvalue weighted by molar-refractivity contribution is 0.0600. The van der Waals surface area contributed by atoms with Gasteiger partial charge in [0.15, 0.2) is 0 Å². The van der Waals surface area contributed by atoms with Gasteiger partial charge >= 0.3 is 5.97 Å². The Labute approximate surface area is 107 Å². The molecule has 1 N–H and O–H groups in total. The van der Waals surface area contributed by atoms with E-state index < -0.39 is 0 Å². The van der Waals surface area contributed by atoms with Crippen molar-refractivity contribution in [3.8, 4) is 0 Å². The SMILES string of the molecule is COC(=O)c1ccnc(NC2CCC(OC)C2)c1. The summed E-state index contributed by atoms with van der Waals surface area (Å²) in [5.41, 5.74) is 0.510. The highest BCUT2D eigenvalue weighted by Crippen LogP contribution is 2.24. The first-order chi connectivity index (χ1) is 8.72. The van der Waals surface area contributed by atoms with Gasteiger partial charge in [-0.1, -0.05) is 0 Å². The Morgan fingerprint density at radius 3 is 2.94 bits per heavy atom. The average Bonchev–Trinajstić information content (AvgIpc) is 2.86. The van der Waals surface area contributed by atoms with Gasteiger partial charge in [0.2, 0.25) is 0 Å². The highest BCUT2D eigenvalue weighted by molar-refractivity contribution is 5.89. The minimum atomic E-state index is -0.346. The van der Waals surface area contributed by atoms with E-state index in [9.17, 15) is 4.79 Å². The molecule has 2 unspecified atom stereocenters. The van der Waals surface area contributed by atoms with Crippen LogP contribution in [0.3, 0.4) is 0 Å². The summed E-state index contributed by atoms with van der Waals surface area (Å²) in [7, 11) is 3.11. The van der Waals surface area contributed by atoms with Crippen LogP contribution in [0.1, 0.15) is 29.6 Å². The van der Waals surface area contributed by atoms with Crippen LogP contribution < -0.4 is 5.32 Å². The number of carbonyl (C=O) groups is 1. The number of methoxy groups -OCH3 is 2. The van der Waals surface area contributed by atoms with Gasteiger partial charge in [0.1, 0.15) is 5.82 Å². The number of carbonyl (C=O) groups excluding carboxylic acids is 1. The highest BCUT2D eigenvalue weighted by Gasteiger charge is 2.24. The van der Waals surface area contributed by atoms with E-state index in [0.717, 1.165) is 19.3 Å². The fourth-order valence-corrected chi connectivity index (χ4v) is 2.25. The van der Waals surface area contributed by atoms with Crippen LogP contribution in [-0.4, -0.2) is 37.3 Å². The number of anilines is 1. The van der Waals surface area contributed by atoms with Crippen molar-refractivity contribution < 1.29 is 14.3 Å². The molecule has 0 spiro atoms. The van der Waals surface area contributed by atoms with Crippen molar-refractivity contribution >= 4 is 11.8 Å². The second-order valence-electron chi connectivity index (χ2n) is 4.43. The number of ether oxygens (including phenoxy) is 2. The van der Waals surface area contributed by atoms with E-state index in [1.54, 1.807) is 25.4 Å². The number of hydrogen-bond acceptors (Lipinski definition) is 5. The van der Waals surface area contributed by atoms with Crippen LogP contribution in [0, 0.1) is 0 Å². The van der Waals surface area contributed by atoms with Crippen LogP contribution in [0.25, 0.3) is 0 Å². The first-order valence-electron chi connectivity index (χ1n) is 6.06. The number of nitrogens with one attached hydrogen (secondary N) is 1. The van der Waals surface area contributed by atoms with Gasteiger partial charge in [-0.3, -0.25) is 0 Å². The van der Waals surface area contributed by atoms with E-state index >= 15 is 0 Å². The summed E-state index contributed by atoms with van der Waals surface area (Å²) in [5, 5.41) is 3.33. The minimum Gasteiger partial charge on any atom is -0.465 e. The van der Waals surface area contributed by atoms with Crippen LogP contribution in [0.4, 0.5) is 5.82 Å². The molecule has 18 heavy (non-hydrogen) atoms. The number of aromatic nitrogens is 1. The fourth-order valence-electron chi connectivity index (χ4n) is 2.25. The molecule has 5 nitrogen and oxygen atoms in total. The Kier molecular flexibility index (Phi) is 4.15. The average molecular weight is 250 g/mol. The summed E-state index contributed by atoms with van der Waals surface area (Å²) in [6.45, 7) is 0. The number of rotatable bonds is 4. The van der Waals surface area contributed by atoms with Crippen molar-refractivity contribution in [1.82, 2.24) is 4.98 Å². The summed E-state index contributed by atoms with van der Waals surface area (Å²) >= 11 is 0. The van der Waals surface area contributed by atoms with Gasteiger partial charge in [0, 0.05) is 19.3 Å². The molecule has 0 amide bonds. The van der Waals surface area contributed by atoms with Crippen molar-refractivity contribution in [1.29, 1.82) is 0 Å². The third kappa shape index (κ3) is 2.98. The predicted molar refractivity (Wildman–Crippen MR) is 67.6 cm³/mol. The summed E-state index contributed by atoms with van der Waals surface area (Å²) in [6, 6.07) is 3.71. The second kappa shape index (κ2) is 5.82. The molecule has 1 aromatic rings. The van der Waals surface area contributed by atoms with Gasteiger partial charge in [0.25, 0.3) is 0 Å². The second-order valence-corrected chi connectivity index (χ2v) is 4.43. The van der Waals surface area contributed by atoms with Crippen LogP contribution in [0.15, 0.2) is 18.3 Å². The molecule has 0 bridgehead atoms. The van der Waals surface area contributed by atoms with E-state index in [2.05, 4.69) is 15.0 Å².